The molecule has 1 saturated carbocycles. The van der Waals surface area contributed by atoms with Crippen LogP contribution in [0.1, 0.15) is 25.7 Å². The molecule has 3 aliphatic rings. The van der Waals surface area contributed by atoms with E-state index in [1.807, 2.05) is 6.07 Å². The molecule has 1 N–H and O–H groups in total. The number of nitrogens with zero attached hydrogens (tertiary/aromatic N) is 6. The number of nitrogens with one attached hydrogen (secondary N) is 1. The number of benzene rings is 1. The SMILES string of the molecule is N#CC1(NS(=O)(=O)c2cc(N3C[C@H]4COC[C@H]4C3)c3cnn(-c4nnc(C(F)F)s4)c3c2)CC1.[HH]. The Morgan fingerprint density at radius 1 is 1.26 bits per heavy atom. The zero-order valence-electron chi connectivity index (χ0n) is 17.7. The lowest BCUT2D eigenvalue weighted by Crippen LogP contribution is -2.35. The van der Waals surface area contributed by atoms with Crippen molar-refractivity contribution in [1.29, 1.82) is 5.26 Å². The van der Waals surface area contributed by atoms with E-state index in [2.05, 4.69) is 24.9 Å². The molecule has 0 bridgehead atoms. The third-order valence-corrected chi connectivity index (χ3v) is 9.05. The van der Waals surface area contributed by atoms with Crippen molar-refractivity contribution in [3.63, 3.8) is 0 Å². The van der Waals surface area contributed by atoms with Crippen molar-refractivity contribution in [1.82, 2.24) is 24.7 Å². The van der Waals surface area contributed by atoms with Crippen molar-refractivity contribution >= 4 is 38.0 Å². The number of hydrogen-bond donors (Lipinski definition) is 1. The van der Waals surface area contributed by atoms with E-state index < -0.39 is 27.0 Å². The summed E-state index contributed by atoms with van der Waals surface area (Å²) in [6.07, 6.45) is -0.283. The van der Waals surface area contributed by atoms with Gasteiger partial charge < -0.3 is 9.64 Å². The van der Waals surface area contributed by atoms with E-state index in [9.17, 15) is 22.5 Å². The number of hydrogen-bond acceptors (Lipinski definition) is 9. The van der Waals surface area contributed by atoms with Gasteiger partial charge in [-0.2, -0.15) is 15.1 Å². The molecule has 34 heavy (non-hydrogen) atoms. The molecule has 3 aromatic rings. The molecule has 1 aliphatic carbocycles. The van der Waals surface area contributed by atoms with Crippen molar-refractivity contribution in [3.05, 3.63) is 23.3 Å². The number of fused-ring (bicyclic) bond motifs is 2. The van der Waals surface area contributed by atoms with Gasteiger partial charge in [0.25, 0.3) is 6.43 Å². The number of anilines is 1. The molecule has 2 atom stereocenters. The van der Waals surface area contributed by atoms with Crippen molar-refractivity contribution in [2.24, 2.45) is 11.8 Å². The lowest BCUT2D eigenvalue weighted by molar-refractivity contribution is 0.150. The summed E-state index contributed by atoms with van der Waals surface area (Å²) in [5.41, 5.74) is 0.00518. The third kappa shape index (κ3) is 3.54. The number of ether oxygens (including phenoxy) is 1. The number of alkyl halides is 2. The van der Waals surface area contributed by atoms with Gasteiger partial charge in [-0.1, -0.05) is 11.3 Å². The summed E-state index contributed by atoms with van der Waals surface area (Å²) in [7, 11) is -4.03. The van der Waals surface area contributed by atoms with Crippen molar-refractivity contribution in [2.45, 2.75) is 29.7 Å². The summed E-state index contributed by atoms with van der Waals surface area (Å²) in [6, 6.07) is 5.07. The Bertz CT molecular complexity index is 1420. The standard InChI is InChI=1S/C20H19F2N7O3S2.H2/c21-17(22)18-25-26-19(33-18)29-16-4-13(34(30,31)27-20(10-23)1-2-20)3-15(14(16)5-24-29)28-6-11-8-32-9-12(11)7-28;/h3-5,11-12,17,27H,1-2,6-9H2;1H/t11-,12+;. The Labute approximate surface area is 198 Å². The maximum atomic E-state index is 13.3. The Morgan fingerprint density at radius 2 is 2.00 bits per heavy atom. The molecule has 0 spiro atoms. The molecule has 2 aliphatic heterocycles. The molecule has 10 nitrogen and oxygen atoms in total. The minimum absolute atomic E-state index is 0. The van der Waals surface area contributed by atoms with Crippen LogP contribution in [0.4, 0.5) is 14.5 Å². The zero-order valence-corrected chi connectivity index (χ0v) is 19.3. The fraction of sp³-hybridized carbons (Fsp3) is 0.500. The van der Waals surface area contributed by atoms with Crippen LogP contribution >= 0.6 is 11.3 Å². The molecule has 14 heteroatoms. The average Bonchev–Trinajstić information content (AvgIpc) is 3.29. The number of rotatable bonds is 6. The molecule has 2 aromatic heterocycles. The van der Waals surface area contributed by atoms with Gasteiger partial charge in [0.05, 0.1) is 35.9 Å². The van der Waals surface area contributed by atoms with Gasteiger partial charge in [0, 0.05) is 37.4 Å². The maximum Gasteiger partial charge on any atom is 0.291 e. The Hall–Kier alpha value is -2.73. The van der Waals surface area contributed by atoms with Gasteiger partial charge >= 0.3 is 0 Å². The highest BCUT2D eigenvalue weighted by molar-refractivity contribution is 7.89. The molecule has 4 heterocycles. The van der Waals surface area contributed by atoms with Crippen LogP contribution < -0.4 is 9.62 Å². The Kier molecular flexibility index (Phi) is 4.89. The summed E-state index contributed by atoms with van der Waals surface area (Å²) in [6.45, 7) is 2.74. The highest BCUT2D eigenvalue weighted by atomic mass is 32.2. The maximum absolute atomic E-state index is 13.3. The van der Waals surface area contributed by atoms with E-state index in [1.54, 1.807) is 12.3 Å². The predicted molar refractivity (Wildman–Crippen MR) is 120 cm³/mol. The van der Waals surface area contributed by atoms with Crippen LogP contribution in [-0.2, 0) is 14.8 Å². The summed E-state index contributed by atoms with van der Waals surface area (Å²) >= 11 is 0.692. The van der Waals surface area contributed by atoms with Gasteiger partial charge in [-0.25, -0.2) is 21.9 Å². The minimum atomic E-state index is -4.03. The molecule has 1 aromatic carbocycles. The number of sulfonamides is 1. The summed E-state index contributed by atoms with van der Waals surface area (Å²) < 4.78 is 62.1. The van der Waals surface area contributed by atoms with Gasteiger partial charge in [0.15, 0.2) is 5.01 Å². The van der Waals surface area contributed by atoms with E-state index >= 15 is 0 Å². The molecule has 0 radical (unpaired) electrons. The van der Waals surface area contributed by atoms with E-state index in [4.69, 9.17) is 4.74 Å². The van der Waals surface area contributed by atoms with Gasteiger partial charge in [-0.05, 0) is 25.0 Å². The van der Waals surface area contributed by atoms with Gasteiger partial charge in [-0.3, -0.25) is 0 Å². The highest BCUT2D eigenvalue weighted by Crippen LogP contribution is 2.40. The highest BCUT2D eigenvalue weighted by Gasteiger charge is 2.47. The summed E-state index contributed by atoms with van der Waals surface area (Å²) in [5, 5.41) is 21.4. The predicted octanol–water partition coefficient (Wildman–Crippen LogP) is 2.48. The van der Waals surface area contributed by atoms with E-state index in [1.165, 1.54) is 10.7 Å². The third-order valence-electron chi connectivity index (χ3n) is 6.62. The topological polar surface area (TPSA) is 126 Å². The first-order chi connectivity index (χ1) is 16.3. The van der Waals surface area contributed by atoms with Crippen LogP contribution in [-0.4, -0.2) is 60.2 Å². The second kappa shape index (κ2) is 7.64. The van der Waals surface area contributed by atoms with Crippen molar-refractivity contribution in [2.75, 3.05) is 31.2 Å². The second-order valence-electron chi connectivity index (χ2n) is 8.92. The van der Waals surface area contributed by atoms with Crippen LogP contribution in [0.2, 0.25) is 0 Å². The van der Waals surface area contributed by atoms with Crippen LogP contribution in [0, 0.1) is 23.2 Å². The normalized spacial score (nSPS) is 23.5. The first-order valence-electron chi connectivity index (χ1n) is 10.7. The minimum Gasteiger partial charge on any atom is -0.381 e. The van der Waals surface area contributed by atoms with Crippen LogP contribution in [0.15, 0.2) is 23.2 Å². The smallest absolute Gasteiger partial charge is 0.291 e. The summed E-state index contributed by atoms with van der Waals surface area (Å²) in [5.74, 6) is 0.710. The molecular formula is C20H21F2N7O3S2. The monoisotopic (exact) mass is 509 g/mol. The first kappa shape index (κ1) is 21.8. The Morgan fingerprint density at radius 3 is 2.62 bits per heavy atom. The van der Waals surface area contributed by atoms with Gasteiger partial charge in [-0.15, -0.1) is 10.2 Å². The molecular weight excluding hydrogens is 488 g/mol. The quantitative estimate of drug-likeness (QED) is 0.537. The lowest BCUT2D eigenvalue weighted by Gasteiger charge is -2.22. The van der Waals surface area contributed by atoms with Gasteiger partial charge in [0.1, 0.15) is 5.54 Å². The lowest BCUT2D eigenvalue weighted by atomic mass is 10.0. The van der Waals surface area contributed by atoms with Crippen LogP contribution in [0.25, 0.3) is 16.0 Å². The fourth-order valence-electron chi connectivity index (χ4n) is 4.61. The molecule has 0 unspecified atom stereocenters. The summed E-state index contributed by atoms with van der Waals surface area (Å²) in [4.78, 5) is 2.10. The van der Waals surface area contributed by atoms with Gasteiger partial charge in [0.2, 0.25) is 15.2 Å². The molecule has 3 fully saturated rings. The van der Waals surface area contributed by atoms with E-state index in [0.717, 1.165) is 0 Å². The number of nitriles is 1. The van der Waals surface area contributed by atoms with E-state index in [-0.39, 0.29) is 11.5 Å². The molecule has 2 saturated heterocycles. The molecule has 180 valence electrons. The van der Waals surface area contributed by atoms with Crippen molar-refractivity contribution in [3.8, 4) is 11.2 Å². The van der Waals surface area contributed by atoms with Crippen LogP contribution in [0.5, 0.6) is 0 Å². The Balaban J connectivity index is 0.00000253. The zero-order chi connectivity index (χ0) is 23.7. The van der Waals surface area contributed by atoms with Crippen molar-refractivity contribution < 1.29 is 23.4 Å². The molecule has 0 amide bonds. The average molecular weight is 510 g/mol. The molecule has 6 rings (SSSR count). The first-order valence-corrected chi connectivity index (χ1v) is 13.0. The fourth-order valence-corrected chi connectivity index (χ4v) is 6.70. The van der Waals surface area contributed by atoms with Crippen LogP contribution in [0.3, 0.4) is 0 Å². The largest absolute Gasteiger partial charge is 0.381 e. The number of aromatic nitrogens is 4. The number of halogens is 2. The second-order valence-corrected chi connectivity index (χ2v) is 11.6. The van der Waals surface area contributed by atoms with E-state index in [0.29, 0.717) is 78.9 Å².